The number of aryl methyl sites for hydroxylation is 1. The molecule has 0 saturated heterocycles. The van der Waals surface area contributed by atoms with Gasteiger partial charge in [0.05, 0.1) is 17.7 Å². The molecule has 5 rings (SSSR count). The molecule has 0 amide bonds. The summed E-state index contributed by atoms with van der Waals surface area (Å²) in [5.74, 6) is 0.981. The summed E-state index contributed by atoms with van der Waals surface area (Å²) < 4.78 is 9.70. The molecule has 0 radical (unpaired) electrons. The Kier molecular flexibility index (Phi) is 2.85. The molecule has 0 unspecified atom stereocenters. The Morgan fingerprint density at radius 1 is 1.04 bits per heavy atom. The molecule has 0 bridgehead atoms. The highest BCUT2D eigenvalue weighted by atomic mass is 32.1. The molecule has 2 aromatic carbocycles. The summed E-state index contributed by atoms with van der Waals surface area (Å²) in [6, 6.07) is 16.8. The van der Waals surface area contributed by atoms with Gasteiger partial charge in [-0.1, -0.05) is 23.5 Å². The zero-order valence-corrected chi connectivity index (χ0v) is 13.3. The van der Waals surface area contributed by atoms with Crippen molar-refractivity contribution in [2.24, 2.45) is 0 Å². The summed E-state index contributed by atoms with van der Waals surface area (Å²) in [6.07, 6.45) is 2.87. The molecule has 1 aliphatic rings. The second-order valence-electron chi connectivity index (χ2n) is 5.74. The van der Waals surface area contributed by atoms with Crippen molar-refractivity contribution in [2.75, 3.05) is 6.61 Å². The molecule has 2 aromatic heterocycles. The number of rotatable bonds is 0. The van der Waals surface area contributed by atoms with Crippen LogP contribution in [0.1, 0.15) is 6.42 Å². The fraction of sp³-hybridized carbons (Fsp3) is 0.158. The topological polar surface area (TPSA) is 26.0 Å². The summed E-state index contributed by atoms with van der Waals surface area (Å²) in [6.45, 7) is 1.74. The van der Waals surface area contributed by atoms with Crippen molar-refractivity contribution in [2.45, 2.75) is 13.0 Å². The largest absolute Gasteiger partial charge is 0.492 e. The van der Waals surface area contributed by atoms with Crippen LogP contribution in [0, 0.1) is 0 Å². The van der Waals surface area contributed by atoms with Crippen LogP contribution in [-0.2, 0) is 6.54 Å². The number of fused-ring (bicyclic) bond motifs is 7. The Morgan fingerprint density at radius 2 is 2.00 bits per heavy atom. The van der Waals surface area contributed by atoms with Gasteiger partial charge in [-0.2, -0.15) is 4.57 Å². The summed E-state index contributed by atoms with van der Waals surface area (Å²) in [4.78, 5) is 4.49. The maximum Gasteiger partial charge on any atom is 0.273 e. The molecule has 0 spiro atoms. The maximum atomic E-state index is 5.95. The molecule has 3 nitrogen and oxygen atoms in total. The lowest BCUT2D eigenvalue weighted by atomic mass is 10.1. The number of nitrogens with zero attached hydrogens (tertiary/aromatic N) is 2. The lowest BCUT2D eigenvalue weighted by Gasteiger charge is -2.11. The minimum absolute atomic E-state index is 0.760. The van der Waals surface area contributed by atoms with E-state index < -0.39 is 0 Å². The van der Waals surface area contributed by atoms with Gasteiger partial charge in [0, 0.05) is 24.1 Å². The number of hydrogen-bond acceptors (Lipinski definition) is 3. The van der Waals surface area contributed by atoms with Crippen LogP contribution in [0.25, 0.3) is 31.7 Å². The minimum Gasteiger partial charge on any atom is -0.492 e. The summed E-state index contributed by atoms with van der Waals surface area (Å²) in [5, 5.41) is 2.50. The summed E-state index contributed by atoms with van der Waals surface area (Å²) in [5.41, 5.74) is 3.53. The molecule has 0 fully saturated rings. The summed E-state index contributed by atoms with van der Waals surface area (Å²) in [7, 11) is 0. The number of pyridine rings is 1. The highest BCUT2D eigenvalue weighted by molar-refractivity contribution is 7.22. The third kappa shape index (κ3) is 1.95. The van der Waals surface area contributed by atoms with Gasteiger partial charge in [0.2, 0.25) is 5.52 Å². The van der Waals surface area contributed by atoms with Crippen LogP contribution in [0.5, 0.6) is 5.75 Å². The number of ether oxygens (including phenoxy) is 1. The van der Waals surface area contributed by atoms with Crippen molar-refractivity contribution < 1.29 is 9.30 Å². The van der Waals surface area contributed by atoms with Crippen molar-refractivity contribution in [1.29, 1.82) is 0 Å². The van der Waals surface area contributed by atoms with Gasteiger partial charge in [0.15, 0.2) is 6.54 Å². The van der Waals surface area contributed by atoms with E-state index in [1.165, 1.54) is 26.2 Å². The first kappa shape index (κ1) is 13.0. The number of thiazole rings is 1. The monoisotopic (exact) mass is 319 g/mol. The van der Waals surface area contributed by atoms with Crippen molar-refractivity contribution in [3.8, 4) is 16.3 Å². The van der Waals surface area contributed by atoms with Gasteiger partial charge in [0.1, 0.15) is 10.4 Å². The van der Waals surface area contributed by atoms with E-state index >= 15 is 0 Å². The fourth-order valence-electron chi connectivity index (χ4n) is 3.29. The normalized spacial score (nSPS) is 13.9. The molecule has 4 heteroatoms. The molecule has 0 atom stereocenters. The fourth-order valence-corrected chi connectivity index (χ4v) is 4.63. The van der Waals surface area contributed by atoms with E-state index in [1.54, 1.807) is 0 Å². The number of benzene rings is 2. The highest BCUT2D eigenvalue weighted by Gasteiger charge is 2.27. The summed E-state index contributed by atoms with van der Waals surface area (Å²) >= 11 is 1.84. The molecular formula is C19H15N2OS+. The van der Waals surface area contributed by atoms with Crippen LogP contribution in [0.4, 0.5) is 0 Å². The van der Waals surface area contributed by atoms with Gasteiger partial charge in [-0.05, 0) is 30.3 Å². The van der Waals surface area contributed by atoms with Crippen molar-refractivity contribution in [3.05, 3.63) is 54.7 Å². The van der Waals surface area contributed by atoms with Crippen molar-refractivity contribution in [3.63, 3.8) is 0 Å². The molecule has 4 aromatic rings. The molecule has 0 aliphatic carbocycles. The first-order chi connectivity index (χ1) is 11.4. The van der Waals surface area contributed by atoms with Crippen LogP contribution in [0.15, 0.2) is 54.7 Å². The van der Waals surface area contributed by atoms with E-state index in [2.05, 4.69) is 45.9 Å². The van der Waals surface area contributed by atoms with Crippen LogP contribution in [-0.4, -0.2) is 11.6 Å². The first-order valence-electron chi connectivity index (χ1n) is 7.84. The van der Waals surface area contributed by atoms with Crippen LogP contribution >= 0.6 is 11.3 Å². The second kappa shape index (κ2) is 5.03. The predicted molar refractivity (Wildman–Crippen MR) is 92.9 cm³/mol. The number of para-hydroxylation sites is 1. The molecule has 0 saturated carbocycles. The average molecular weight is 319 g/mol. The number of aromatic nitrogens is 2. The Hall–Kier alpha value is -2.46. The van der Waals surface area contributed by atoms with E-state index in [4.69, 9.17) is 4.74 Å². The Balaban J connectivity index is 1.90. The van der Waals surface area contributed by atoms with Gasteiger partial charge < -0.3 is 4.74 Å². The van der Waals surface area contributed by atoms with Gasteiger partial charge in [0.25, 0.3) is 5.01 Å². The molecule has 112 valence electrons. The highest BCUT2D eigenvalue weighted by Crippen LogP contribution is 2.37. The molecule has 1 aliphatic heterocycles. The van der Waals surface area contributed by atoms with Gasteiger partial charge in [-0.15, -0.1) is 0 Å². The van der Waals surface area contributed by atoms with Crippen LogP contribution < -0.4 is 9.30 Å². The van der Waals surface area contributed by atoms with Crippen molar-refractivity contribution in [1.82, 2.24) is 4.98 Å². The quantitative estimate of drug-likeness (QED) is 0.454. The van der Waals surface area contributed by atoms with E-state index in [9.17, 15) is 0 Å². The zero-order valence-electron chi connectivity index (χ0n) is 12.5. The Morgan fingerprint density at radius 3 is 3.00 bits per heavy atom. The maximum absolute atomic E-state index is 5.95. The van der Waals surface area contributed by atoms with E-state index in [1.807, 2.05) is 29.7 Å². The molecule has 3 heterocycles. The zero-order chi connectivity index (χ0) is 15.2. The van der Waals surface area contributed by atoms with Gasteiger partial charge in [-0.25, -0.2) is 0 Å². The lowest BCUT2D eigenvalue weighted by Crippen LogP contribution is -2.36. The lowest BCUT2D eigenvalue weighted by molar-refractivity contribution is -0.657. The Labute approximate surface area is 137 Å². The van der Waals surface area contributed by atoms with Crippen LogP contribution in [0.3, 0.4) is 0 Å². The standard InChI is InChI=1S/C19H15N2OS/c1-2-7-17-14(5-1)19-21(11-4-12-22-17)16-9-8-15-13(18(16)23-19)6-3-10-20-15/h1-3,5-10H,4,11-12H2/q+1. The molecule has 23 heavy (non-hydrogen) atoms. The van der Waals surface area contributed by atoms with E-state index in [-0.39, 0.29) is 0 Å². The number of hydrogen-bond donors (Lipinski definition) is 0. The predicted octanol–water partition coefficient (Wildman–Crippen LogP) is 4.19. The first-order valence-corrected chi connectivity index (χ1v) is 8.66. The SMILES string of the molecule is c1ccc2c(c1)OCCC[n+]1c-2sc2c3cccnc3ccc21. The molecular weight excluding hydrogens is 304 g/mol. The van der Waals surface area contributed by atoms with E-state index in [0.717, 1.165) is 30.8 Å². The minimum atomic E-state index is 0.760. The van der Waals surface area contributed by atoms with Gasteiger partial charge >= 0.3 is 0 Å². The smallest absolute Gasteiger partial charge is 0.273 e. The molecule has 0 N–H and O–H groups in total. The van der Waals surface area contributed by atoms with Gasteiger partial charge in [-0.3, -0.25) is 4.98 Å². The average Bonchev–Trinajstić information content (AvgIpc) is 2.95. The van der Waals surface area contributed by atoms with Crippen molar-refractivity contribution >= 4 is 32.5 Å². The second-order valence-corrected chi connectivity index (χ2v) is 6.74. The van der Waals surface area contributed by atoms with E-state index in [0.29, 0.717) is 0 Å². The van der Waals surface area contributed by atoms with Crippen LogP contribution in [0.2, 0.25) is 0 Å². The third-order valence-corrected chi connectivity index (χ3v) is 5.62. The Bertz CT molecular complexity index is 1040. The third-order valence-electron chi connectivity index (χ3n) is 4.35.